The molecule has 2 heterocycles. The van der Waals surface area contributed by atoms with E-state index in [4.69, 9.17) is 4.74 Å². The Bertz CT molecular complexity index is 672. The molecule has 5 aliphatic rings. The van der Waals surface area contributed by atoms with Gasteiger partial charge < -0.3 is 10.1 Å². The van der Waals surface area contributed by atoms with Crippen LogP contribution in [-0.4, -0.2) is 12.1 Å². The molecule has 0 aromatic rings. The third-order valence-electron chi connectivity index (χ3n) is 4.95. The second-order valence-corrected chi connectivity index (χ2v) is 6.04. The predicted octanol–water partition coefficient (Wildman–Crippen LogP) is 3.29. The van der Waals surface area contributed by atoms with Crippen LogP contribution in [0.15, 0.2) is 70.7 Å². The summed E-state index contributed by atoms with van der Waals surface area (Å²) in [6.07, 6.45) is 19.1. The fourth-order valence-electron chi connectivity index (χ4n) is 4.12. The lowest BCUT2D eigenvalue weighted by Crippen LogP contribution is -2.30. The quantitative estimate of drug-likeness (QED) is 0.724. The summed E-state index contributed by atoms with van der Waals surface area (Å²) in [4.78, 5) is 0. The number of hydrogen-bond donors (Lipinski definition) is 1. The average Bonchev–Trinajstić information content (AvgIpc) is 2.79. The summed E-state index contributed by atoms with van der Waals surface area (Å²) >= 11 is 0. The molecule has 2 nitrogen and oxygen atoms in total. The number of hydrogen-bond acceptors (Lipinski definition) is 2. The van der Waals surface area contributed by atoms with Gasteiger partial charge in [0.1, 0.15) is 11.9 Å². The van der Waals surface area contributed by atoms with E-state index in [0.29, 0.717) is 12.0 Å². The molecule has 3 atom stereocenters. The van der Waals surface area contributed by atoms with Crippen LogP contribution in [0.4, 0.5) is 0 Å². The Balaban J connectivity index is 1.75. The standard InChI is InChI=1S/C18H17NO/c1-2-9-15-11(5-1)12-6-3-7-13-17(12)18-14(19-13)8-4-10-16(18)20-15/h1-2,4-6,8,10,14-15,18-19H,3,7,9H2. The van der Waals surface area contributed by atoms with E-state index in [2.05, 4.69) is 47.8 Å². The van der Waals surface area contributed by atoms with Crippen molar-refractivity contribution in [3.8, 4) is 0 Å². The second-order valence-electron chi connectivity index (χ2n) is 6.04. The van der Waals surface area contributed by atoms with E-state index in [9.17, 15) is 0 Å². The van der Waals surface area contributed by atoms with Gasteiger partial charge in [-0.15, -0.1) is 0 Å². The van der Waals surface area contributed by atoms with E-state index >= 15 is 0 Å². The highest BCUT2D eigenvalue weighted by Gasteiger charge is 2.44. The second kappa shape index (κ2) is 3.78. The summed E-state index contributed by atoms with van der Waals surface area (Å²) in [6.45, 7) is 0. The van der Waals surface area contributed by atoms with E-state index in [0.717, 1.165) is 25.0 Å². The molecule has 1 fully saturated rings. The summed E-state index contributed by atoms with van der Waals surface area (Å²) in [7, 11) is 0. The Morgan fingerprint density at radius 1 is 1.20 bits per heavy atom. The van der Waals surface area contributed by atoms with Crippen LogP contribution >= 0.6 is 0 Å². The average molecular weight is 263 g/mol. The number of allylic oxidation sites excluding steroid dienone is 6. The SMILES string of the molecule is C1=CCC2OC3=CC=CC4NC5=C(C(=CCC5)C2=C1)C34. The predicted molar refractivity (Wildman–Crippen MR) is 78.7 cm³/mol. The monoisotopic (exact) mass is 263 g/mol. The van der Waals surface area contributed by atoms with Crippen LogP contribution in [-0.2, 0) is 4.74 Å². The summed E-state index contributed by atoms with van der Waals surface area (Å²) in [5.41, 5.74) is 5.76. The Morgan fingerprint density at radius 2 is 2.20 bits per heavy atom. The number of rotatable bonds is 0. The van der Waals surface area contributed by atoms with Crippen molar-refractivity contribution < 1.29 is 4.74 Å². The largest absolute Gasteiger partial charge is 0.489 e. The maximum absolute atomic E-state index is 6.38. The maximum atomic E-state index is 6.38. The molecule has 5 rings (SSSR count). The summed E-state index contributed by atoms with van der Waals surface area (Å²) < 4.78 is 6.38. The lowest BCUT2D eigenvalue weighted by atomic mass is 9.79. The molecular formula is C18H17NO. The van der Waals surface area contributed by atoms with Gasteiger partial charge in [0.15, 0.2) is 0 Å². The van der Waals surface area contributed by atoms with Gasteiger partial charge in [-0.3, -0.25) is 0 Å². The van der Waals surface area contributed by atoms with Crippen LogP contribution in [0.5, 0.6) is 0 Å². The molecule has 2 aliphatic heterocycles. The first-order valence-electron chi connectivity index (χ1n) is 7.54. The van der Waals surface area contributed by atoms with Gasteiger partial charge in [0.05, 0.1) is 12.0 Å². The molecule has 0 bridgehead atoms. The minimum Gasteiger partial charge on any atom is -0.489 e. The van der Waals surface area contributed by atoms with Crippen molar-refractivity contribution in [2.24, 2.45) is 5.92 Å². The Morgan fingerprint density at radius 3 is 3.20 bits per heavy atom. The smallest absolute Gasteiger partial charge is 0.127 e. The van der Waals surface area contributed by atoms with Crippen LogP contribution in [0, 0.1) is 5.92 Å². The molecule has 3 aliphatic carbocycles. The van der Waals surface area contributed by atoms with Gasteiger partial charge in [-0.25, -0.2) is 0 Å². The fourth-order valence-corrected chi connectivity index (χ4v) is 4.12. The summed E-state index contributed by atoms with van der Waals surface area (Å²) in [5.74, 6) is 1.53. The molecule has 1 N–H and O–H groups in total. The van der Waals surface area contributed by atoms with E-state index < -0.39 is 0 Å². The van der Waals surface area contributed by atoms with Gasteiger partial charge in [-0.2, -0.15) is 0 Å². The zero-order valence-electron chi connectivity index (χ0n) is 11.3. The van der Waals surface area contributed by atoms with Gasteiger partial charge in [-0.1, -0.05) is 36.5 Å². The normalized spacial score (nSPS) is 36.0. The van der Waals surface area contributed by atoms with E-state index in [1.807, 2.05) is 0 Å². The molecule has 0 aromatic heterocycles. The lowest BCUT2D eigenvalue weighted by Gasteiger charge is -2.26. The Labute approximate surface area is 118 Å². The topological polar surface area (TPSA) is 21.3 Å². The molecule has 0 aromatic carbocycles. The Kier molecular flexibility index (Phi) is 2.04. The summed E-state index contributed by atoms with van der Waals surface area (Å²) in [5, 5.41) is 3.70. The number of fused-ring (bicyclic) bond motifs is 2. The molecule has 0 saturated carbocycles. The van der Waals surface area contributed by atoms with Gasteiger partial charge in [0.25, 0.3) is 0 Å². The molecule has 2 heteroatoms. The van der Waals surface area contributed by atoms with Crippen molar-refractivity contribution in [1.29, 1.82) is 0 Å². The number of ether oxygens (including phenoxy) is 1. The zero-order valence-corrected chi connectivity index (χ0v) is 11.3. The first-order chi connectivity index (χ1) is 9.92. The zero-order chi connectivity index (χ0) is 13.1. The molecule has 1 saturated heterocycles. The molecule has 20 heavy (non-hydrogen) atoms. The molecule has 0 spiro atoms. The van der Waals surface area contributed by atoms with Crippen molar-refractivity contribution >= 4 is 0 Å². The molecule has 3 unspecified atom stereocenters. The van der Waals surface area contributed by atoms with Crippen LogP contribution in [0.25, 0.3) is 0 Å². The molecular weight excluding hydrogens is 246 g/mol. The molecule has 100 valence electrons. The van der Waals surface area contributed by atoms with Crippen LogP contribution in [0.3, 0.4) is 0 Å². The highest BCUT2D eigenvalue weighted by Crippen LogP contribution is 2.49. The van der Waals surface area contributed by atoms with Gasteiger partial charge in [0.2, 0.25) is 0 Å². The highest BCUT2D eigenvalue weighted by molar-refractivity contribution is 5.61. The van der Waals surface area contributed by atoms with E-state index in [-0.39, 0.29) is 6.10 Å². The van der Waals surface area contributed by atoms with Crippen molar-refractivity contribution in [2.45, 2.75) is 31.4 Å². The van der Waals surface area contributed by atoms with Gasteiger partial charge >= 0.3 is 0 Å². The third-order valence-corrected chi connectivity index (χ3v) is 4.95. The van der Waals surface area contributed by atoms with E-state index in [1.165, 1.54) is 22.4 Å². The van der Waals surface area contributed by atoms with Crippen LogP contribution in [0.1, 0.15) is 19.3 Å². The Hall–Kier alpha value is -1.96. The summed E-state index contributed by atoms with van der Waals surface area (Å²) in [6, 6.07) is 0.384. The lowest BCUT2D eigenvalue weighted by molar-refractivity contribution is 0.130. The minimum atomic E-state index is 0.196. The van der Waals surface area contributed by atoms with Crippen LogP contribution in [0.2, 0.25) is 0 Å². The number of nitrogens with one attached hydrogen (secondary N) is 1. The van der Waals surface area contributed by atoms with Crippen molar-refractivity contribution in [3.63, 3.8) is 0 Å². The van der Waals surface area contributed by atoms with Crippen LogP contribution < -0.4 is 5.32 Å². The van der Waals surface area contributed by atoms with Crippen molar-refractivity contribution in [3.05, 3.63) is 70.7 Å². The first kappa shape index (κ1) is 10.8. The molecule has 0 amide bonds. The van der Waals surface area contributed by atoms with Crippen molar-refractivity contribution in [1.82, 2.24) is 5.32 Å². The van der Waals surface area contributed by atoms with Gasteiger partial charge in [-0.05, 0) is 35.6 Å². The molecule has 0 radical (unpaired) electrons. The minimum absolute atomic E-state index is 0.196. The third kappa shape index (κ3) is 1.29. The van der Waals surface area contributed by atoms with Crippen molar-refractivity contribution in [2.75, 3.05) is 0 Å². The maximum Gasteiger partial charge on any atom is 0.127 e. The highest BCUT2D eigenvalue weighted by atomic mass is 16.5. The first-order valence-corrected chi connectivity index (χ1v) is 7.54. The fraction of sp³-hybridized carbons (Fsp3) is 0.333. The van der Waals surface area contributed by atoms with Gasteiger partial charge in [0, 0.05) is 12.1 Å². The van der Waals surface area contributed by atoms with E-state index in [1.54, 1.807) is 0 Å².